The first kappa shape index (κ1) is 20.1. The first-order valence-corrected chi connectivity index (χ1v) is 9.71. The number of hydrogen-bond acceptors (Lipinski definition) is 5. The molecule has 0 heterocycles. The van der Waals surface area contributed by atoms with Crippen LogP contribution in [0.3, 0.4) is 0 Å². The van der Waals surface area contributed by atoms with Gasteiger partial charge in [-0.25, -0.2) is 13.2 Å². The van der Waals surface area contributed by atoms with Gasteiger partial charge in [0.25, 0.3) is 10.0 Å². The number of sulfonamides is 1. The van der Waals surface area contributed by atoms with E-state index in [9.17, 15) is 13.2 Å². The van der Waals surface area contributed by atoms with E-state index in [0.717, 1.165) is 5.56 Å². The molecule has 140 valence electrons. The lowest BCUT2D eigenvalue weighted by Gasteiger charge is -2.15. The Labute approximate surface area is 158 Å². The predicted molar refractivity (Wildman–Crippen MR) is 101 cm³/mol. The van der Waals surface area contributed by atoms with Crippen LogP contribution in [0.1, 0.15) is 28.4 Å². The lowest BCUT2D eigenvalue weighted by Crippen LogP contribution is -2.15. The Balaban J connectivity index is 2.34. The number of esters is 1. The van der Waals surface area contributed by atoms with E-state index in [1.165, 1.54) is 31.4 Å². The Hall–Kier alpha value is -2.25. The molecule has 0 bridgehead atoms. The SMILES string of the molecule is CCOC(=O)c1ccc(NS(=O)(=O)c2ccc(OC)c(C)c2C)cc1Cl. The normalized spacial score (nSPS) is 11.1. The number of hydrogen-bond donors (Lipinski definition) is 1. The Morgan fingerprint density at radius 3 is 2.42 bits per heavy atom. The average molecular weight is 398 g/mol. The number of carbonyl (C=O) groups excluding carboxylic acids is 1. The lowest BCUT2D eigenvalue weighted by atomic mass is 10.1. The Kier molecular flexibility index (Phi) is 6.15. The fourth-order valence-corrected chi connectivity index (χ4v) is 4.05. The highest BCUT2D eigenvalue weighted by Crippen LogP contribution is 2.29. The molecule has 0 spiro atoms. The first-order valence-electron chi connectivity index (χ1n) is 7.85. The quantitative estimate of drug-likeness (QED) is 0.746. The van der Waals surface area contributed by atoms with Gasteiger partial charge >= 0.3 is 5.97 Å². The molecule has 26 heavy (non-hydrogen) atoms. The highest BCUT2D eigenvalue weighted by Gasteiger charge is 2.20. The zero-order valence-corrected chi connectivity index (χ0v) is 16.5. The van der Waals surface area contributed by atoms with Gasteiger partial charge in [0.05, 0.1) is 34.9 Å². The largest absolute Gasteiger partial charge is 0.496 e. The summed E-state index contributed by atoms with van der Waals surface area (Å²) in [6.45, 7) is 5.41. The van der Waals surface area contributed by atoms with Crippen molar-refractivity contribution in [3.63, 3.8) is 0 Å². The molecule has 0 atom stereocenters. The third kappa shape index (κ3) is 4.11. The Morgan fingerprint density at radius 2 is 1.85 bits per heavy atom. The van der Waals surface area contributed by atoms with Gasteiger partial charge in [0.1, 0.15) is 5.75 Å². The molecule has 2 rings (SSSR count). The molecule has 2 aromatic carbocycles. The average Bonchev–Trinajstić information content (AvgIpc) is 2.57. The third-order valence-electron chi connectivity index (χ3n) is 3.91. The number of ether oxygens (including phenoxy) is 2. The van der Waals surface area contributed by atoms with Crippen LogP contribution in [-0.2, 0) is 14.8 Å². The van der Waals surface area contributed by atoms with E-state index in [-0.39, 0.29) is 27.8 Å². The fourth-order valence-electron chi connectivity index (χ4n) is 2.45. The molecule has 0 saturated carbocycles. The lowest BCUT2D eigenvalue weighted by molar-refractivity contribution is 0.0526. The van der Waals surface area contributed by atoms with Gasteiger partial charge in [-0.15, -0.1) is 0 Å². The van der Waals surface area contributed by atoms with Crippen LogP contribution < -0.4 is 9.46 Å². The van der Waals surface area contributed by atoms with Crippen LogP contribution in [0.25, 0.3) is 0 Å². The topological polar surface area (TPSA) is 81.7 Å². The minimum Gasteiger partial charge on any atom is -0.496 e. The van der Waals surface area contributed by atoms with Crippen LogP contribution in [0, 0.1) is 13.8 Å². The second kappa shape index (κ2) is 7.97. The molecule has 0 fully saturated rings. The van der Waals surface area contributed by atoms with E-state index in [4.69, 9.17) is 21.1 Å². The third-order valence-corrected chi connectivity index (χ3v) is 5.75. The molecule has 6 nitrogen and oxygen atoms in total. The van der Waals surface area contributed by atoms with Crippen LogP contribution in [0.2, 0.25) is 5.02 Å². The summed E-state index contributed by atoms with van der Waals surface area (Å²) in [4.78, 5) is 11.9. The molecule has 0 aliphatic heterocycles. The number of benzene rings is 2. The van der Waals surface area contributed by atoms with Gasteiger partial charge in [0.15, 0.2) is 0 Å². The van der Waals surface area contributed by atoms with E-state index < -0.39 is 16.0 Å². The monoisotopic (exact) mass is 397 g/mol. The zero-order valence-electron chi connectivity index (χ0n) is 14.9. The van der Waals surface area contributed by atoms with E-state index in [1.54, 1.807) is 26.8 Å². The molecule has 0 unspecified atom stereocenters. The van der Waals surface area contributed by atoms with Gasteiger partial charge in [-0.1, -0.05) is 11.6 Å². The molecular formula is C18H20ClNO5S. The van der Waals surface area contributed by atoms with Gasteiger partial charge in [0, 0.05) is 0 Å². The number of methoxy groups -OCH3 is 1. The Morgan fingerprint density at radius 1 is 1.15 bits per heavy atom. The molecular weight excluding hydrogens is 378 g/mol. The highest BCUT2D eigenvalue weighted by atomic mass is 35.5. The summed E-state index contributed by atoms with van der Waals surface area (Å²) in [6, 6.07) is 7.34. The second-order valence-corrected chi connectivity index (χ2v) is 7.59. The number of carbonyl (C=O) groups is 1. The van der Waals surface area contributed by atoms with E-state index in [1.807, 2.05) is 0 Å². The smallest absolute Gasteiger partial charge is 0.339 e. The standard InChI is InChI=1S/C18H20ClNO5S/c1-5-25-18(21)14-7-6-13(10-15(14)19)20-26(22,23)17-9-8-16(24-4)11(2)12(17)3/h6-10,20H,5H2,1-4H3. The zero-order chi connectivity index (χ0) is 19.5. The highest BCUT2D eigenvalue weighted by molar-refractivity contribution is 7.92. The second-order valence-electron chi connectivity index (χ2n) is 5.54. The maximum Gasteiger partial charge on any atom is 0.339 e. The summed E-state index contributed by atoms with van der Waals surface area (Å²) < 4.78 is 38.0. The van der Waals surface area contributed by atoms with Gasteiger partial charge in [0.2, 0.25) is 0 Å². The summed E-state index contributed by atoms with van der Waals surface area (Å²) in [7, 11) is -2.30. The van der Waals surface area contributed by atoms with Crippen molar-refractivity contribution in [3.05, 3.63) is 52.0 Å². The Bertz CT molecular complexity index is 941. The van der Waals surface area contributed by atoms with Crippen molar-refractivity contribution in [2.75, 3.05) is 18.4 Å². The van der Waals surface area contributed by atoms with Crippen LogP contribution in [-0.4, -0.2) is 28.1 Å². The van der Waals surface area contributed by atoms with Gasteiger partial charge in [-0.05, 0) is 62.2 Å². The van der Waals surface area contributed by atoms with Crippen LogP contribution >= 0.6 is 11.6 Å². The molecule has 0 radical (unpaired) electrons. The summed E-state index contributed by atoms with van der Waals surface area (Å²) in [5.41, 5.74) is 1.75. The number of rotatable bonds is 6. The fraction of sp³-hybridized carbons (Fsp3) is 0.278. The van der Waals surface area contributed by atoms with Gasteiger partial charge in [-0.3, -0.25) is 4.72 Å². The predicted octanol–water partition coefficient (Wildman–Crippen LogP) is 3.94. The van der Waals surface area contributed by atoms with Crippen molar-refractivity contribution in [1.29, 1.82) is 0 Å². The minimum atomic E-state index is -3.83. The van der Waals surface area contributed by atoms with E-state index in [2.05, 4.69) is 4.72 Å². The van der Waals surface area contributed by atoms with Crippen LogP contribution in [0.15, 0.2) is 35.2 Å². The summed E-state index contributed by atoms with van der Waals surface area (Å²) >= 11 is 6.08. The number of halogens is 1. The van der Waals surface area contributed by atoms with Gasteiger partial charge < -0.3 is 9.47 Å². The van der Waals surface area contributed by atoms with Crippen molar-refractivity contribution in [1.82, 2.24) is 0 Å². The van der Waals surface area contributed by atoms with Crippen molar-refractivity contribution < 1.29 is 22.7 Å². The summed E-state index contributed by atoms with van der Waals surface area (Å²) in [5.74, 6) is 0.0526. The first-order chi connectivity index (χ1) is 12.2. The molecule has 0 aromatic heterocycles. The number of nitrogens with one attached hydrogen (secondary N) is 1. The molecule has 0 amide bonds. The molecule has 0 aliphatic rings. The van der Waals surface area contributed by atoms with Crippen molar-refractivity contribution in [2.45, 2.75) is 25.7 Å². The number of anilines is 1. The molecule has 8 heteroatoms. The summed E-state index contributed by atoms with van der Waals surface area (Å²) in [5, 5.41) is 0.103. The maximum absolute atomic E-state index is 12.7. The minimum absolute atomic E-state index is 0.103. The molecule has 0 saturated heterocycles. The molecule has 2 aromatic rings. The van der Waals surface area contributed by atoms with Gasteiger partial charge in [-0.2, -0.15) is 0 Å². The van der Waals surface area contributed by atoms with Crippen LogP contribution in [0.4, 0.5) is 5.69 Å². The van der Waals surface area contributed by atoms with Crippen molar-refractivity contribution in [2.24, 2.45) is 0 Å². The van der Waals surface area contributed by atoms with E-state index >= 15 is 0 Å². The molecule has 0 aliphatic carbocycles. The van der Waals surface area contributed by atoms with Crippen molar-refractivity contribution >= 4 is 33.3 Å². The van der Waals surface area contributed by atoms with Crippen molar-refractivity contribution in [3.8, 4) is 5.75 Å². The summed E-state index contributed by atoms with van der Waals surface area (Å²) in [6.07, 6.45) is 0. The van der Waals surface area contributed by atoms with Crippen LogP contribution in [0.5, 0.6) is 5.75 Å². The van der Waals surface area contributed by atoms with E-state index in [0.29, 0.717) is 11.3 Å². The maximum atomic E-state index is 12.7. The molecule has 1 N–H and O–H groups in total.